The fourth-order valence-corrected chi connectivity index (χ4v) is 2.25. The van der Waals surface area contributed by atoms with E-state index in [-0.39, 0.29) is 0 Å². The molecule has 0 aromatic carbocycles. The Morgan fingerprint density at radius 3 is 3.17 bits per heavy atom. The maximum absolute atomic E-state index is 5.94. The second kappa shape index (κ2) is 4.41. The summed E-state index contributed by atoms with van der Waals surface area (Å²) >= 11 is 0. The molecule has 18 heavy (non-hydrogen) atoms. The van der Waals surface area contributed by atoms with E-state index in [1.807, 2.05) is 4.57 Å². The van der Waals surface area contributed by atoms with E-state index in [2.05, 4.69) is 15.0 Å². The van der Waals surface area contributed by atoms with Gasteiger partial charge in [-0.3, -0.25) is 4.57 Å². The minimum Gasteiger partial charge on any atom is -0.479 e. The average molecular weight is 249 g/mol. The SMILES string of the molecule is COc1ncnc2c1nc(N)n2CC1CCOC1. The van der Waals surface area contributed by atoms with Gasteiger partial charge in [0.15, 0.2) is 11.2 Å². The van der Waals surface area contributed by atoms with Crippen LogP contribution in [0.3, 0.4) is 0 Å². The fraction of sp³-hybridized carbons (Fsp3) is 0.545. The van der Waals surface area contributed by atoms with Crippen LogP contribution in [0.15, 0.2) is 6.33 Å². The molecule has 2 aromatic rings. The van der Waals surface area contributed by atoms with Gasteiger partial charge in [-0.15, -0.1) is 0 Å². The molecule has 0 radical (unpaired) electrons. The molecule has 1 fully saturated rings. The van der Waals surface area contributed by atoms with E-state index < -0.39 is 0 Å². The molecular weight excluding hydrogens is 234 g/mol. The Labute approximate surface area is 104 Å². The van der Waals surface area contributed by atoms with Crippen molar-refractivity contribution in [1.29, 1.82) is 0 Å². The standard InChI is InChI=1S/C11H15N5O2/c1-17-10-8-9(13-6-14-10)16(11(12)15-8)4-7-2-3-18-5-7/h6-7H,2-5H2,1H3,(H2,12,15). The average Bonchev–Trinajstić information content (AvgIpc) is 2.99. The summed E-state index contributed by atoms with van der Waals surface area (Å²) in [5.41, 5.74) is 7.26. The third kappa shape index (κ3) is 1.76. The second-order valence-electron chi connectivity index (χ2n) is 4.37. The molecule has 0 spiro atoms. The minimum atomic E-state index is 0.440. The van der Waals surface area contributed by atoms with E-state index in [0.717, 1.165) is 26.2 Å². The minimum absolute atomic E-state index is 0.440. The van der Waals surface area contributed by atoms with E-state index in [9.17, 15) is 0 Å². The zero-order valence-electron chi connectivity index (χ0n) is 10.2. The van der Waals surface area contributed by atoms with E-state index in [0.29, 0.717) is 28.9 Å². The molecule has 0 saturated carbocycles. The number of rotatable bonds is 3. The lowest BCUT2D eigenvalue weighted by Crippen LogP contribution is -2.13. The topological polar surface area (TPSA) is 88.1 Å². The summed E-state index contributed by atoms with van der Waals surface area (Å²) in [4.78, 5) is 12.5. The number of nitrogens with two attached hydrogens (primary N) is 1. The number of aromatic nitrogens is 4. The lowest BCUT2D eigenvalue weighted by Gasteiger charge is -2.10. The van der Waals surface area contributed by atoms with E-state index in [4.69, 9.17) is 15.2 Å². The lowest BCUT2D eigenvalue weighted by molar-refractivity contribution is 0.183. The summed E-state index contributed by atoms with van der Waals surface area (Å²) < 4.78 is 12.4. The number of methoxy groups -OCH3 is 1. The van der Waals surface area contributed by atoms with Crippen LogP contribution in [0.2, 0.25) is 0 Å². The lowest BCUT2D eigenvalue weighted by atomic mass is 10.1. The molecule has 2 aromatic heterocycles. The van der Waals surface area contributed by atoms with Crippen molar-refractivity contribution in [2.75, 3.05) is 26.1 Å². The van der Waals surface area contributed by atoms with Gasteiger partial charge >= 0.3 is 0 Å². The number of imidazole rings is 1. The molecule has 7 nitrogen and oxygen atoms in total. The Balaban J connectivity index is 2.02. The Hall–Kier alpha value is -1.89. The number of ether oxygens (including phenoxy) is 2. The van der Waals surface area contributed by atoms with E-state index in [1.165, 1.54) is 6.33 Å². The third-order valence-electron chi connectivity index (χ3n) is 3.19. The normalized spacial score (nSPS) is 19.5. The van der Waals surface area contributed by atoms with Crippen LogP contribution in [-0.2, 0) is 11.3 Å². The summed E-state index contributed by atoms with van der Waals surface area (Å²) in [5, 5.41) is 0. The number of anilines is 1. The summed E-state index contributed by atoms with van der Waals surface area (Å²) in [6.45, 7) is 2.35. The molecule has 3 heterocycles. The predicted molar refractivity (Wildman–Crippen MR) is 65.2 cm³/mol. The van der Waals surface area contributed by atoms with E-state index >= 15 is 0 Å². The third-order valence-corrected chi connectivity index (χ3v) is 3.19. The van der Waals surface area contributed by atoms with Crippen molar-refractivity contribution in [1.82, 2.24) is 19.5 Å². The first-order chi connectivity index (χ1) is 8.79. The highest BCUT2D eigenvalue weighted by Crippen LogP contribution is 2.25. The van der Waals surface area contributed by atoms with Crippen LogP contribution < -0.4 is 10.5 Å². The van der Waals surface area contributed by atoms with Crippen molar-refractivity contribution in [2.45, 2.75) is 13.0 Å². The maximum Gasteiger partial charge on any atom is 0.245 e. The molecule has 1 atom stereocenters. The second-order valence-corrected chi connectivity index (χ2v) is 4.37. The molecular formula is C11H15N5O2. The van der Waals surface area contributed by atoms with Gasteiger partial charge in [0.25, 0.3) is 0 Å². The molecule has 0 aliphatic carbocycles. The molecule has 96 valence electrons. The molecule has 0 amide bonds. The summed E-state index contributed by atoms with van der Waals surface area (Å²) in [6, 6.07) is 0. The highest BCUT2D eigenvalue weighted by Gasteiger charge is 2.21. The predicted octanol–water partition coefficient (Wildman–Crippen LogP) is 0.454. The highest BCUT2D eigenvalue weighted by molar-refractivity contribution is 5.78. The van der Waals surface area contributed by atoms with Crippen molar-refractivity contribution >= 4 is 17.1 Å². The van der Waals surface area contributed by atoms with Crippen LogP contribution in [0.4, 0.5) is 5.95 Å². The maximum atomic E-state index is 5.94. The number of fused-ring (bicyclic) bond motifs is 1. The van der Waals surface area contributed by atoms with Gasteiger partial charge in [-0.1, -0.05) is 0 Å². The molecule has 1 saturated heterocycles. The number of hydrogen-bond acceptors (Lipinski definition) is 6. The number of nitrogen functional groups attached to an aromatic ring is 1. The number of hydrogen-bond donors (Lipinski definition) is 1. The van der Waals surface area contributed by atoms with Crippen LogP contribution in [-0.4, -0.2) is 39.8 Å². The molecule has 7 heteroatoms. The summed E-state index contributed by atoms with van der Waals surface area (Å²) in [7, 11) is 1.56. The van der Waals surface area contributed by atoms with E-state index in [1.54, 1.807) is 7.11 Å². The van der Waals surface area contributed by atoms with Crippen molar-refractivity contribution in [3.05, 3.63) is 6.33 Å². The smallest absolute Gasteiger partial charge is 0.245 e. The zero-order valence-corrected chi connectivity index (χ0v) is 10.2. The molecule has 2 N–H and O–H groups in total. The van der Waals surface area contributed by atoms with Crippen LogP contribution in [0.1, 0.15) is 6.42 Å². The van der Waals surface area contributed by atoms with Gasteiger partial charge in [-0.25, -0.2) is 9.97 Å². The first-order valence-corrected chi connectivity index (χ1v) is 5.88. The van der Waals surface area contributed by atoms with Gasteiger partial charge in [-0.2, -0.15) is 4.98 Å². The molecule has 0 bridgehead atoms. The van der Waals surface area contributed by atoms with Gasteiger partial charge in [0, 0.05) is 19.1 Å². The Kier molecular flexibility index (Phi) is 2.75. The van der Waals surface area contributed by atoms with Gasteiger partial charge in [0.05, 0.1) is 13.7 Å². The quantitative estimate of drug-likeness (QED) is 0.849. The summed E-state index contributed by atoms with van der Waals surface area (Å²) in [5.74, 6) is 1.36. The van der Waals surface area contributed by atoms with Crippen LogP contribution in [0.25, 0.3) is 11.2 Å². The summed E-state index contributed by atoms with van der Waals surface area (Å²) in [6.07, 6.45) is 2.51. The van der Waals surface area contributed by atoms with Crippen molar-refractivity contribution < 1.29 is 9.47 Å². The molecule has 3 rings (SSSR count). The van der Waals surface area contributed by atoms with Crippen LogP contribution >= 0.6 is 0 Å². The molecule has 1 unspecified atom stereocenters. The van der Waals surface area contributed by atoms with Crippen molar-refractivity contribution in [3.8, 4) is 5.88 Å². The highest BCUT2D eigenvalue weighted by atomic mass is 16.5. The molecule has 1 aliphatic heterocycles. The first kappa shape index (κ1) is 11.2. The van der Waals surface area contributed by atoms with Crippen molar-refractivity contribution in [3.63, 3.8) is 0 Å². The Morgan fingerprint density at radius 1 is 1.56 bits per heavy atom. The van der Waals surface area contributed by atoms with Gasteiger partial charge in [0.2, 0.25) is 11.8 Å². The first-order valence-electron chi connectivity index (χ1n) is 5.88. The van der Waals surface area contributed by atoms with Gasteiger partial charge in [0.1, 0.15) is 6.33 Å². The van der Waals surface area contributed by atoms with Gasteiger partial charge in [-0.05, 0) is 6.42 Å². The Bertz CT molecular complexity index is 562. The van der Waals surface area contributed by atoms with Crippen molar-refractivity contribution in [2.24, 2.45) is 5.92 Å². The molecule has 1 aliphatic rings. The van der Waals surface area contributed by atoms with Crippen LogP contribution in [0, 0.1) is 5.92 Å². The van der Waals surface area contributed by atoms with Crippen LogP contribution in [0.5, 0.6) is 5.88 Å². The van der Waals surface area contributed by atoms with Gasteiger partial charge < -0.3 is 15.2 Å². The number of nitrogens with zero attached hydrogens (tertiary/aromatic N) is 4. The Morgan fingerprint density at radius 2 is 2.44 bits per heavy atom. The largest absolute Gasteiger partial charge is 0.479 e. The monoisotopic (exact) mass is 249 g/mol. The zero-order chi connectivity index (χ0) is 12.5. The fourth-order valence-electron chi connectivity index (χ4n) is 2.25.